The van der Waals surface area contributed by atoms with Crippen LogP contribution in [0.2, 0.25) is 0 Å². The van der Waals surface area contributed by atoms with Crippen molar-refractivity contribution in [3.63, 3.8) is 0 Å². The maximum absolute atomic E-state index is 10.7. The van der Waals surface area contributed by atoms with Gasteiger partial charge in [-0.1, -0.05) is 5.92 Å². The van der Waals surface area contributed by atoms with Gasteiger partial charge in [-0.15, -0.1) is 6.42 Å². The van der Waals surface area contributed by atoms with Crippen LogP contribution in [0.15, 0.2) is 0 Å². The number of hydrogen-bond acceptors (Lipinski definition) is 3. The van der Waals surface area contributed by atoms with Crippen molar-refractivity contribution >= 4 is 5.97 Å². The first-order valence-electron chi connectivity index (χ1n) is 4.78. The van der Waals surface area contributed by atoms with E-state index in [0.717, 1.165) is 26.2 Å². The predicted octanol–water partition coefficient (Wildman–Crippen LogP) is -0.290. The van der Waals surface area contributed by atoms with Crippen LogP contribution in [0.4, 0.5) is 0 Å². The number of nitrogens with zero attached hydrogens (tertiary/aromatic N) is 2. The average Bonchev–Trinajstić information content (AvgIpc) is 2.18. The highest BCUT2D eigenvalue weighted by Gasteiger charge is 2.24. The first-order valence-corrected chi connectivity index (χ1v) is 4.78. The van der Waals surface area contributed by atoms with Gasteiger partial charge in [-0.2, -0.15) is 0 Å². The molecule has 1 fully saturated rings. The van der Waals surface area contributed by atoms with E-state index < -0.39 is 5.97 Å². The van der Waals surface area contributed by atoms with Crippen molar-refractivity contribution in [1.82, 2.24) is 9.80 Å². The Morgan fingerprint density at radius 2 is 2.07 bits per heavy atom. The van der Waals surface area contributed by atoms with E-state index in [1.54, 1.807) is 6.92 Å². The highest BCUT2D eigenvalue weighted by molar-refractivity contribution is 5.72. The van der Waals surface area contributed by atoms with Crippen LogP contribution in [-0.4, -0.2) is 59.6 Å². The van der Waals surface area contributed by atoms with Crippen LogP contribution in [0.25, 0.3) is 0 Å². The molecule has 0 aromatic rings. The predicted molar refractivity (Wildman–Crippen MR) is 53.9 cm³/mol. The molecule has 1 unspecified atom stereocenters. The third-order valence-corrected chi connectivity index (χ3v) is 2.63. The molecule has 0 amide bonds. The first-order chi connectivity index (χ1) is 6.65. The van der Waals surface area contributed by atoms with Crippen molar-refractivity contribution in [2.75, 3.05) is 32.7 Å². The van der Waals surface area contributed by atoms with Gasteiger partial charge in [0.2, 0.25) is 0 Å². The number of terminal acetylenes is 1. The topological polar surface area (TPSA) is 43.8 Å². The molecule has 0 aliphatic carbocycles. The van der Waals surface area contributed by atoms with Gasteiger partial charge in [-0.3, -0.25) is 14.6 Å². The lowest BCUT2D eigenvalue weighted by molar-refractivity contribution is -0.143. The highest BCUT2D eigenvalue weighted by Crippen LogP contribution is 2.05. The number of hydrogen-bond donors (Lipinski definition) is 1. The summed E-state index contributed by atoms with van der Waals surface area (Å²) in [6, 6.07) is -0.386. The van der Waals surface area contributed by atoms with E-state index in [4.69, 9.17) is 11.5 Å². The van der Waals surface area contributed by atoms with Crippen LogP contribution in [0.1, 0.15) is 6.92 Å². The average molecular weight is 196 g/mol. The van der Waals surface area contributed by atoms with Gasteiger partial charge in [0.05, 0.1) is 6.54 Å². The molecule has 0 saturated carbocycles. The third kappa shape index (κ3) is 2.72. The zero-order valence-electron chi connectivity index (χ0n) is 8.44. The first kappa shape index (κ1) is 11.0. The Bertz CT molecular complexity index is 239. The SMILES string of the molecule is C#CCN1CCN(C(C)C(=O)O)CC1. The number of carboxylic acids is 1. The lowest BCUT2D eigenvalue weighted by atomic mass is 10.2. The second-order valence-electron chi connectivity index (χ2n) is 3.53. The Kier molecular flexibility index (Phi) is 3.93. The summed E-state index contributed by atoms with van der Waals surface area (Å²) in [5, 5.41) is 8.82. The largest absolute Gasteiger partial charge is 0.480 e. The summed E-state index contributed by atoms with van der Waals surface area (Å²) >= 11 is 0. The summed E-state index contributed by atoms with van der Waals surface area (Å²) in [4.78, 5) is 14.8. The van der Waals surface area contributed by atoms with Crippen molar-refractivity contribution in [3.8, 4) is 12.3 Å². The minimum absolute atomic E-state index is 0.386. The quantitative estimate of drug-likeness (QED) is 0.630. The molecule has 0 aromatic heterocycles. The van der Waals surface area contributed by atoms with E-state index in [1.165, 1.54) is 0 Å². The molecule has 1 rings (SSSR count). The Morgan fingerprint density at radius 1 is 1.50 bits per heavy atom. The lowest BCUT2D eigenvalue weighted by Crippen LogP contribution is -2.51. The molecule has 1 aliphatic rings. The lowest BCUT2D eigenvalue weighted by Gasteiger charge is -2.35. The molecule has 1 heterocycles. The van der Waals surface area contributed by atoms with Crippen molar-refractivity contribution in [2.45, 2.75) is 13.0 Å². The third-order valence-electron chi connectivity index (χ3n) is 2.63. The van der Waals surface area contributed by atoms with Gasteiger partial charge in [0.15, 0.2) is 0 Å². The van der Waals surface area contributed by atoms with Gasteiger partial charge >= 0.3 is 5.97 Å². The Hall–Kier alpha value is -1.05. The van der Waals surface area contributed by atoms with E-state index in [2.05, 4.69) is 10.8 Å². The number of carboxylic acid groups (broad SMARTS) is 1. The molecule has 78 valence electrons. The van der Waals surface area contributed by atoms with E-state index in [0.29, 0.717) is 6.54 Å². The molecule has 0 aromatic carbocycles. The van der Waals surface area contributed by atoms with Gasteiger partial charge in [-0.25, -0.2) is 0 Å². The second-order valence-corrected chi connectivity index (χ2v) is 3.53. The Morgan fingerprint density at radius 3 is 2.50 bits per heavy atom. The maximum atomic E-state index is 10.7. The summed E-state index contributed by atoms with van der Waals surface area (Å²) in [5.41, 5.74) is 0. The summed E-state index contributed by atoms with van der Waals surface area (Å²) in [6.45, 7) is 5.68. The van der Waals surface area contributed by atoms with Gasteiger partial charge in [0, 0.05) is 26.2 Å². The molecule has 14 heavy (non-hydrogen) atoms. The number of carbonyl (C=O) groups is 1. The number of piperazine rings is 1. The zero-order chi connectivity index (χ0) is 10.6. The van der Waals surface area contributed by atoms with E-state index >= 15 is 0 Å². The van der Waals surface area contributed by atoms with E-state index in [-0.39, 0.29) is 6.04 Å². The van der Waals surface area contributed by atoms with Crippen LogP contribution in [-0.2, 0) is 4.79 Å². The smallest absolute Gasteiger partial charge is 0.320 e. The van der Waals surface area contributed by atoms with Gasteiger partial charge in [-0.05, 0) is 6.92 Å². The normalized spacial score (nSPS) is 21.4. The summed E-state index contributed by atoms with van der Waals surface area (Å²) in [5.74, 6) is 1.84. The van der Waals surface area contributed by atoms with Gasteiger partial charge in [0.1, 0.15) is 6.04 Å². The summed E-state index contributed by atoms with van der Waals surface area (Å²) in [7, 11) is 0. The molecule has 1 saturated heterocycles. The zero-order valence-corrected chi connectivity index (χ0v) is 8.44. The summed E-state index contributed by atoms with van der Waals surface area (Å²) in [6.07, 6.45) is 5.20. The van der Waals surface area contributed by atoms with Gasteiger partial charge < -0.3 is 5.11 Å². The van der Waals surface area contributed by atoms with Crippen molar-refractivity contribution in [1.29, 1.82) is 0 Å². The Balaban J connectivity index is 2.36. The molecule has 0 radical (unpaired) electrons. The van der Waals surface area contributed by atoms with E-state index in [9.17, 15) is 4.79 Å². The van der Waals surface area contributed by atoms with Crippen molar-refractivity contribution < 1.29 is 9.90 Å². The van der Waals surface area contributed by atoms with Crippen LogP contribution < -0.4 is 0 Å². The highest BCUT2D eigenvalue weighted by atomic mass is 16.4. The standard InChI is InChI=1S/C10H16N2O2/c1-3-4-11-5-7-12(8-6-11)9(2)10(13)14/h1,9H,4-8H2,2H3,(H,13,14). The van der Waals surface area contributed by atoms with Crippen LogP contribution in [0.5, 0.6) is 0 Å². The molecule has 0 spiro atoms. The summed E-state index contributed by atoms with van der Waals surface area (Å²) < 4.78 is 0. The van der Waals surface area contributed by atoms with Crippen molar-refractivity contribution in [2.24, 2.45) is 0 Å². The monoisotopic (exact) mass is 196 g/mol. The number of rotatable bonds is 3. The van der Waals surface area contributed by atoms with Crippen LogP contribution in [0.3, 0.4) is 0 Å². The number of aliphatic carboxylic acids is 1. The van der Waals surface area contributed by atoms with Crippen molar-refractivity contribution in [3.05, 3.63) is 0 Å². The van der Waals surface area contributed by atoms with E-state index in [1.807, 2.05) is 4.90 Å². The molecule has 1 atom stereocenters. The fourth-order valence-corrected chi connectivity index (χ4v) is 1.59. The molecule has 4 heteroatoms. The van der Waals surface area contributed by atoms with Gasteiger partial charge in [0.25, 0.3) is 0 Å². The second kappa shape index (κ2) is 4.99. The molecule has 1 N–H and O–H groups in total. The molecular weight excluding hydrogens is 180 g/mol. The minimum Gasteiger partial charge on any atom is -0.480 e. The minimum atomic E-state index is -0.754. The fourth-order valence-electron chi connectivity index (χ4n) is 1.59. The molecule has 4 nitrogen and oxygen atoms in total. The molecular formula is C10H16N2O2. The molecule has 1 aliphatic heterocycles. The Labute approximate surface area is 84.5 Å². The maximum Gasteiger partial charge on any atom is 0.320 e. The van der Waals surface area contributed by atoms with Crippen LogP contribution >= 0.6 is 0 Å². The van der Waals surface area contributed by atoms with Crippen LogP contribution in [0, 0.1) is 12.3 Å². The fraction of sp³-hybridized carbons (Fsp3) is 0.700. The molecule has 0 bridgehead atoms.